The van der Waals surface area contributed by atoms with Crippen LogP contribution in [0.3, 0.4) is 0 Å². The van der Waals surface area contributed by atoms with Crippen molar-refractivity contribution in [3.8, 4) is 0 Å². The maximum atomic E-state index is 14.3. The molecule has 36 heavy (non-hydrogen) atoms. The molecule has 0 spiro atoms. The van der Waals surface area contributed by atoms with E-state index in [1.807, 2.05) is 23.9 Å². The minimum atomic E-state index is -0.396. The number of benzene rings is 1. The van der Waals surface area contributed by atoms with Gasteiger partial charge in [-0.1, -0.05) is 6.07 Å². The fourth-order valence-corrected chi connectivity index (χ4v) is 4.96. The summed E-state index contributed by atoms with van der Waals surface area (Å²) in [5.41, 5.74) is 4.67. The van der Waals surface area contributed by atoms with Crippen LogP contribution in [0.1, 0.15) is 48.0 Å². The van der Waals surface area contributed by atoms with E-state index in [9.17, 15) is 9.18 Å². The molecule has 0 saturated carbocycles. The molecule has 1 unspecified atom stereocenters. The van der Waals surface area contributed by atoms with Gasteiger partial charge in [-0.05, 0) is 55.8 Å². The highest BCUT2D eigenvalue weighted by Crippen LogP contribution is 2.24. The quantitative estimate of drug-likeness (QED) is 0.462. The van der Waals surface area contributed by atoms with Crippen LogP contribution in [0.2, 0.25) is 0 Å². The second-order valence-electron chi connectivity index (χ2n) is 9.58. The molecular weight excluding hydrogens is 463 g/mol. The first-order chi connectivity index (χ1) is 17.6. The molecule has 3 aromatic rings. The lowest BCUT2D eigenvalue weighted by molar-refractivity contribution is -0.186. The number of anilines is 1. The number of hydroxylamine groups is 1. The van der Waals surface area contributed by atoms with E-state index in [0.717, 1.165) is 62.8 Å². The molecule has 1 atom stereocenters. The van der Waals surface area contributed by atoms with Gasteiger partial charge in [-0.25, -0.2) is 24.7 Å². The summed E-state index contributed by atoms with van der Waals surface area (Å²) in [4.78, 5) is 28.6. The summed E-state index contributed by atoms with van der Waals surface area (Å²) in [6, 6.07) is 5.21. The topological polar surface area (TPSA) is 93.5 Å². The predicted molar refractivity (Wildman–Crippen MR) is 134 cm³/mol. The molecule has 0 bridgehead atoms. The Morgan fingerprint density at radius 2 is 2.00 bits per heavy atom. The molecule has 2 aliphatic rings. The van der Waals surface area contributed by atoms with Gasteiger partial charge >= 0.3 is 0 Å². The zero-order valence-corrected chi connectivity index (χ0v) is 20.6. The van der Waals surface area contributed by atoms with Crippen LogP contribution in [-0.4, -0.2) is 53.0 Å². The van der Waals surface area contributed by atoms with Crippen LogP contribution in [0.25, 0.3) is 10.9 Å². The van der Waals surface area contributed by atoms with Gasteiger partial charge in [0, 0.05) is 63.7 Å². The van der Waals surface area contributed by atoms with E-state index in [4.69, 9.17) is 9.57 Å². The normalized spacial score (nSPS) is 19.1. The minimum absolute atomic E-state index is 0.174. The molecule has 2 aliphatic heterocycles. The van der Waals surface area contributed by atoms with Crippen molar-refractivity contribution in [2.45, 2.75) is 44.9 Å². The molecule has 4 heterocycles. The lowest BCUT2D eigenvalue weighted by Gasteiger charge is -2.32. The Balaban J connectivity index is 1.06. The van der Waals surface area contributed by atoms with E-state index in [0.29, 0.717) is 36.0 Å². The molecule has 2 aromatic heterocycles. The number of hydrogen-bond donors (Lipinski definition) is 2. The van der Waals surface area contributed by atoms with Crippen molar-refractivity contribution < 1.29 is 18.8 Å². The summed E-state index contributed by atoms with van der Waals surface area (Å²) in [5.74, 6) is 0.602. The van der Waals surface area contributed by atoms with E-state index in [1.54, 1.807) is 6.07 Å². The molecule has 10 heteroatoms. The third-order valence-electron chi connectivity index (χ3n) is 7.01. The fraction of sp³-hybridized carbons (Fsp3) is 0.500. The zero-order valence-electron chi connectivity index (χ0n) is 20.6. The zero-order chi connectivity index (χ0) is 24.9. The summed E-state index contributed by atoms with van der Waals surface area (Å²) < 4.78 is 21.8. The Labute approximate surface area is 209 Å². The number of amides is 1. The number of carbonyl (C=O) groups is 1. The van der Waals surface area contributed by atoms with Crippen molar-refractivity contribution in [2.75, 3.05) is 31.1 Å². The Morgan fingerprint density at radius 3 is 2.75 bits per heavy atom. The predicted octanol–water partition coefficient (Wildman–Crippen LogP) is 3.30. The molecule has 1 amide bonds. The Bertz CT molecular complexity index is 1170. The van der Waals surface area contributed by atoms with Gasteiger partial charge in [0.05, 0.1) is 11.1 Å². The number of aromatic nitrogens is 3. The van der Waals surface area contributed by atoms with Crippen LogP contribution in [0.4, 0.5) is 10.3 Å². The highest BCUT2D eigenvalue weighted by Gasteiger charge is 2.22. The summed E-state index contributed by atoms with van der Waals surface area (Å²) >= 11 is 0. The van der Waals surface area contributed by atoms with Gasteiger partial charge in [0.2, 0.25) is 5.95 Å². The average Bonchev–Trinajstić information content (AvgIpc) is 3.25. The van der Waals surface area contributed by atoms with E-state index in [-0.39, 0.29) is 11.7 Å². The summed E-state index contributed by atoms with van der Waals surface area (Å²) in [6.45, 7) is 3.87. The first-order valence-electron chi connectivity index (χ1n) is 12.7. The van der Waals surface area contributed by atoms with Crippen LogP contribution in [0, 0.1) is 11.7 Å². The fourth-order valence-electron chi connectivity index (χ4n) is 4.96. The van der Waals surface area contributed by atoms with Crippen LogP contribution >= 0.6 is 0 Å². The van der Waals surface area contributed by atoms with Crippen LogP contribution in [0.5, 0.6) is 0 Å². The summed E-state index contributed by atoms with van der Waals surface area (Å²) in [7, 11) is 1.95. The van der Waals surface area contributed by atoms with Crippen molar-refractivity contribution in [3.63, 3.8) is 0 Å². The number of carbonyl (C=O) groups excluding carboxylic acids is 1. The van der Waals surface area contributed by atoms with Crippen LogP contribution in [-0.2, 0) is 23.2 Å². The van der Waals surface area contributed by atoms with Crippen molar-refractivity contribution in [2.24, 2.45) is 13.0 Å². The molecule has 0 aliphatic carbocycles. The number of nitrogens with one attached hydrogen (secondary N) is 2. The van der Waals surface area contributed by atoms with Gasteiger partial charge in [0.1, 0.15) is 5.82 Å². The Morgan fingerprint density at radius 1 is 1.19 bits per heavy atom. The highest BCUT2D eigenvalue weighted by atomic mass is 19.1. The molecule has 5 rings (SSSR count). The van der Waals surface area contributed by atoms with Gasteiger partial charge in [0.25, 0.3) is 5.91 Å². The smallest absolute Gasteiger partial charge is 0.278 e. The summed E-state index contributed by atoms with van der Waals surface area (Å²) in [5, 5.41) is 4.22. The van der Waals surface area contributed by atoms with Gasteiger partial charge in [0.15, 0.2) is 6.29 Å². The minimum Gasteiger partial charge on any atom is -0.350 e. The van der Waals surface area contributed by atoms with Crippen LogP contribution in [0.15, 0.2) is 36.8 Å². The van der Waals surface area contributed by atoms with Crippen LogP contribution < -0.4 is 15.7 Å². The number of halogens is 1. The van der Waals surface area contributed by atoms with E-state index in [2.05, 4.69) is 25.7 Å². The van der Waals surface area contributed by atoms with Gasteiger partial charge in [-0.15, -0.1) is 0 Å². The number of fused-ring (bicyclic) bond motifs is 1. The molecule has 2 N–H and O–H groups in total. The SMILES string of the molecule is Cn1cc(CNCC2CCN(c3ncc(C(=O)NOC4CCCCO4)cn3)CC2)c2c(F)cccc21. The number of piperidine rings is 1. The molecular formula is C26H33FN6O3. The number of nitrogens with zero attached hydrogens (tertiary/aromatic N) is 4. The molecule has 2 saturated heterocycles. The van der Waals surface area contributed by atoms with Gasteiger partial charge in [-0.2, -0.15) is 0 Å². The number of rotatable bonds is 8. The first-order valence-corrected chi connectivity index (χ1v) is 12.7. The van der Waals surface area contributed by atoms with E-state index < -0.39 is 6.29 Å². The average molecular weight is 497 g/mol. The maximum Gasteiger partial charge on any atom is 0.278 e. The second kappa shape index (κ2) is 11.3. The van der Waals surface area contributed by atoms with E-state index in [1.165, 1.54) is 18.5 Å². The number of hydrogen-bond acceptors (Lipinski definition) is 7. The van der Waals surface area contributed by atoms with Gasteiger partial charge in [-0.3, -0.25) is 4.79 Å². The molecule has 2 fully saturated rings. The van der Waals surface area contributed by atoms with Crippen molar-refractivity contribution in [1.29, 1.82) is 0 Å². The summed E-state index contributed by atoms with van der Waals surface area (Å²) in [6.07, 6.45) is 9.49. The third-order valence-corrected chi connectivity index (χ3v) is 7.01. The second-order valence-corrected chi connectivity index (χ2v) is 9.58. The molecule has 0 radical (unpaired) electrons. The molecule has 192 valence electrons. The van der Waals surface area contributed by atoms with Crippen molar-refractivity contribution in [1.82, 2.24) is 25.3 Å². The van der Waals surface area contributed by atoms with Gasteiger partial charge < -0.3 is 19.5 Å². The molecule has 9 nitrogen and oxygen atoms in total. The highest BCUT2D eigenvalue weighted by molar-refractivity contribution is 5.92. The largest absolute Gasteiger partial charge is 0.350 e. The van der Waals surface area contributed by atoms with Crippen molar-refractivity contribution >= 4 is 22.8 Å². The van der Waals surface area contributed by atoms with Crippen molar-refractivity contribution in [3.05, 3.63) is 53.7 Å². The first kappa shape index (κ1) is 24.6. The standard InChI is InChI=1S/C26H33FN6O3/c1-32-17-20(24-21(27)5-4-6-22(24)32)14-28-13-18-8-10-33(11-9-18)26-29-15-19(16-30-26)25(34)31-36-23-7-2-3-12-35-23/h4-6,15-18,23,28H,2-3,7-14H2,1H3,(H,31,34). The third kappa shape index (κ3) is 5.66. The number of ether oxygens (including phenoxy) is 1. The maximum absolute atomic E-state index is 14.3. The number of aryl methyl sites for hydroxylation is 1. The Hall–Kier alpha value is -3.08. The monoisotopic (exact) mass is 496 g/mol. The lowest BCUT2D eigenvalue weighted by Crippen LogP contribution is -2.38. The van der Waals surface area contributed by atoms with E-state index >= 15 is 0 Å². The molecule has 1 aromatic carbocycles. The lowest BCUT2D eigenvalue weighted by atomic mass is 9.97. The Kier molecular flexibility index (Phi) is 7.74.